The third kappa shape index (κ3) is 8.36. The molecular weight excluding hydrogens is 459 g/mol. The number of benzene rings is 2. The monoisotopic (exact) mass is 492 g/mol. The Morgan fingerprint density at radius 1 is 0.743 bits per heavy atom. The number of aromatic nitrogens is 6. The molecule has 0 fully saturated rings. The van der Waals surface area contributed by atoms with Crippen LogP contribution in [0.3, 0.4) is 0 Å². The van der Waals surface area contributed by atoms with Gasteiger partial charge in [0.1, 0.15) is 11.4 Å². The van der Waals surface area contributed by atoms with Gasteiger partial charge in [0.15, 0.2) is 0 Å². The second-order valence-corrected chi connectivity index (χ2v) is 8.24. The molecule has 0 radical (unpaired) electrons. The van der Waals surface area contributed by atoms with E-state index >= 15 is 0 Å². The minimum atomic E-state index is 0.718. The standard InChI is InChI=1S/C12H16N5P.C12H17N5/c13-6-1-2-7-17-9-12(14-16-17)10-4-3-5-11(8-10)15-18;13-6-1-2-7-17-9-12(15-16-17)10-4-3-5-11(14)8-10/h3-5,8-9,18H,1-2,6-7,13H2;3-5,8-9H,1-2,6-7,13-14H2. The number of rotatable bonds is 11. The topological polar surface area (TPSA) is 152 Å². The van der Waals surface area contributed by atoms with Gasteiger partial charge >= 0.3 is 0 Å². The van der Waals surface area contributed by atoms with Crippen molar-refractivity contribution in [2.45, 2.75) is 38.8 Å². The van der Waals surface area contributed by atoms with Crippen LogP contribution in [0.25, 0.3) is 22.5 Å². The van der Waals surface area contributed by atoms with E-state index in [-0.39, 0.29) is 0 Å². The first kappa shape index (κ1) is 26.2. The lowest BCUT2D eigenvalue weighted by atomic mass is 10.1. The number of anilines is 1. The molecule has 0 aliphatic carbocycles. The first-order valence-electron chi connectivity index (χ1n) is 11.7. The molecule has 0 bridgehead atoms. The van der Waals surface area contributed by atoms with E-state index in [1.165, 1.54) is 0 Å². The van der Waals surface area contributed by atoms with E-state index in [0.29, 0.717) is 0 Å². The first-order chi connectivity index (χ1) is 17.1. The Morgan fingerprint density at radius 3 is 1.80 bits per heavy atom. The highest BCUT2D eigenvalue weighted by Crippen LogP contribution is 2.22. The zero-order valence-electron chi connectivity index (χ0n) is 19.8. The molecule has 0 atom stereocenters. The van der Waals surface area contributed by atoms with Crippen molar-refractivity contribution in [1.82, 2.24) is 30.0 Å². The Morgan fingerprint density at radius 2 is 1.29 bits per heavy atom. The summed E-state index contributed by atoms with van der Waals surface area (Å²) < 4.78 is 7.65. The Kier molecular flexibility index (Phi) is 10.5. The summed E-state index contributed by atoms with van der Waals surface area (Å²) in [5.41, 5.74) is 22.0. The molecule has 0 saturated carbocycles. The van der Waals surface area contributed by atoms with Gasteiger partial charge in [-0.05, 0) is 72.1 Å². The van der Waals surface area contributed by atoms with E-state index in [4.69, 9.17) is 17.2 Å². The fraction of sp³-hybridized carbons (Fsp3) is 0.333. The Labute approximate surface area is 207 Å². The van der Waals surface area contributed by atoms with Gasteiger partial charge in [-0.25, -0.2) is 4.74 Å². The van der Waals surface area contributed by atoms with Crippen LogP contribution in [0.5, 0.6) is 0 Å². The van der Waals surface area contributed by atoms with Crippen LogP contribution < -0.4 is 17.2 Å². The van der Waals surface area contributed by atoms with Crippen molar-refractivity contribution in [3.05, 3.63) is 60.9 Å². The predicted molar refractivity (Wildman–Crippen MR) is 142 cm³/mol. The maximum Gasteiger partial charge on any atom is 0.113 e. The van der Waals surface area contributed by atoms with Crippen LogP contribution in [0.15, 0.2) is 65.7 Å². The minimum absolute atomic E-state index is 0.718. The van der Waals surface area contributed by atoms with Gasteiger partial charge in [0.05, 0.1) is 18.1 Å². The number of nitrogens with two attached hydrogens (primary N) is 3. The van der Waals surface area contributed by atoms with Crippen molar-refractivity contribution in [3.63, 3.8) is 0 Å². The summed E-state index contributed by atoms with van der Waals surface area (Å²) in [6.45, 7) is 3.14. The predicted octanol–water partition coefficient (Wildman–Crippen LogP) is 3.91. The lowest BCUT2D eigenvalue weighted by Crippen LogP contribution is -2.03. The maximum atomic E-state index is 5.73. The molecule has 2 heterocycles. The van der Waals surface area contributed by atoms with Crippen molar-refractivity contribution in [3.8, 4) is 22.5 Å². The fourth-order valence-corrected chi connectivity index (χ4v) is 3.49. The van der Waals surface area contributed by atoms with Gasteiger partial charge in [-0.15, -0.1) is 10.2 Å². The zero-order chi connectivity index (χ0) is 24.9. The first-order valence-corrected chi connectivity index (χ1v) is 12.1. The summed E-state index contributed by atoms with van der Waals surface area (Å²) in [4.78, 5) is 0. The van der Waals surface area contributed by atoms with Crippen LogP contribution >= 0.6 is 9.03 Å². The van der Waals surface area contributed by atoms with Gasteiger partial charge in [-0.3, -0.25) is 9.36 Å². The third-order valence-electron chi connectivity index (χ3n) is 5.21. The minimum Gasteiger partial charge on any atom is -0.399 e. The molecule has 2 aromatic heterocycles. The zero-order valence-corrected chi connectivity index (χ0v) is 20.8. The molecule has 4 aromatic rings. The highest BCUT2D eigenvalue weighted by molar-refractivity contribution is 7.04. The number of aryl methyl sites for hydroxylation is 2. The van der Waals surface area contributed by atoms with Crippen molar-refractivity contribution >= 4 is 20.4 Å². The van der Waals surface area contributed by atoms with Crippen molar-refractivity contribution < 1.29 is 0 Å². The van der Waals surface area contributed by atoms with Crippen LogP contribution in [-0.2, 0) is 13.1 Å². The number of hydrogen-bond donors (Lipinski definition) is 3. The molecule has 0 amide bonds. The molecule has 184 valence electrons. The summed E-state index contributed by atoms with van der Waals surface area (Å²) in [7, 11) is 3.13. The van der Waals surface area contributed by atoms with Gasteiger partial charge < -0.3 is 17.2 Å². The Balaban J connectivity index is 0.000000196. The van der Waals surface area contributed by atoms with Gasteiger partial charge in [0.2, 0.25) is 0 Å². The van der Waals surface area contributed by atoms with E-state index in [9.17, 15) is 0 Å². The largest absolute Gasteiger partial charge is 0.399 e. The van der Waals surface area contributed by atoms with Crippen LogP contribution in [0.2, 0.25) is 0 Å². The van der Waals surface area contributed by atoms with Gasteiger partial charge in [0, 0.05) is 29.9 Å². The smallest absolute Gasteiger partial charge is 0.113 e. The average Bonchev–Trinajstić information content (AvgIpc) is 3.55. The molecule has 0 aliphatic rings. The summed E-state index contributed by atoms with van der Waals surface area (Å²) in [6.07, 6.45) is 7.95. The molecule has 10 nitrogen and oxygen atoms in total. The molecule has 0 aliphatic heterocycles. The molecule has 0 saturated heterocycles. The number of unbranched alkanes of at least 4 members (excludes halogenated alkanes) is 2. The molecule has 2 aromatic carbocycles. The van der Waals surface area contributed by atoms with Crippen molar-refractivity contribution in [2.24, 2.45) is 16.2 Å². The van der Waals surface area contributed by atoms with Gasteiger partial charge in [-0.1, -0.05) is 34.7 Å². The molecule has 4 rings (SSSR count). The Bertz CT molecular complexity index is 1190. The summed E-state index contributed by atoms with van der Waals surface area (Å²) in [5, 5.41) is 16.5. The highest BCUT2D eigenvalue weighted by Gasteiger charge is 2.05. The average molecular weight is 493 g/mol. The van der Waals surface area contributed by atoms with Crippen LogP contribution in [0, 0.1) is 0 Å². The van der Waals surface area contributed by atoms with E-state index in [2.05, 4.69) is 34.4 Å². The summed E-state index contributed by atoms with van der Waals surface area (Å²) >= 11 is 0. The third-order valence-corrected chi connectivity index (χ3v) is 5.47. The normalized spacial score (nSPS) is 10.6. The van der Waals surface area contributed by atoms with E-state index in [1.807, 2.05) is 70.3 Å². The van der Waals surface area contributed by atoms with Crippen molar-refractivity contribution in [1.29, 1.82) is 0 Å². The van der Waals surface area contributed by atoms with Crippen molar-refractivity contribution in [2.75, 3.05) is 18.8 Å². The maximum absolute atomic E-state index is 5.73. The quantitative estimate of drug-likeness (QED) is 0.163. The fourth-order valence-electron chi connectivity index (χ4n) is 3.35. The molecule has 35 heavy (non-hydrogen) atoms. The second kappa shape index (κ2) is 14.1. The van der Waals surface area contributed by atoms with Gasteiger partial charge in [-0.2, -0.15) is 0 Å². The lowest BCUT2D eigenvalue weighted by molar-refractivity contribution is 0.544. The highest BCUT2D eigenvalue weighted by atomic mass is 31.0. The molecule has 0 unspecified atom stereocenters. The molecule has 6 N–H and O–H groups in total. The van der Waals surface area contributed by atoms with Crippen LogP contribution in [0.4, 0.5) is 11.4 Å². The van der Waals surface area contributed by atoms with Crippen LogP contribution in [0.1, 0.15) is 25.7 Å². The summed E-state index contributed by atoms with van der Waals surface area (Å²) in [5.74, 6) is 0. The lowest BCUT2D eigenvalue weighted by Gasteiger charge is -1.98. The SMILES string of the molecule is NCCCCn1cc(-c2cccc(N)c2)nn1.NCCCCn1cc(-c2cccc(N=P)c2)nn1. The number of nitrogens with zero attached hydrogens (tertiary/aromatic N) is 7. The van der Waals surface area contributed by atoms with E-state index < -0.39 is 0 Å². The molecule has 11 heteroatoms. The van der Waals surface area contributed by atoms with Crippen LogP contribution in [-0.4, -0.2) is 43.1 Å². The number of nitrogen functional groups attached to an aromatic ring is 1. The molecule has 0 spiro atoms. The molecular formula is C24H33N10P. The Hall–Kier alpha value is -3.46. The number of hydrogen-bond acceptors (Lipinski definition) is 8. The van der Waals surface area contributed by atoms with E-state index in [1.54, 1.807) is 0 Å². The van der Waals surface area contributed by atoms with Gasteiger partial charge in [0.25, 0.3) is 0 Å². The summed E-state index contributed by atoms with van der Waals surface area (Å²) in [6, 6.07) is 15.5. The second-order valence-electron chi connectivity index (χ2n) is 8.01. The van der Waals surface area contributed by atoms with E-state index in [0.717, 1.165) is 85.8 Å².